The van der Waals surface area contributed by atoms with Crippen LogP contribution in [0.5, 0.6) is 0 Å². The van der Waals surface area contributed by atoms with Gasteiger partial charge < -0.3 is 16.0 Å². The Labute approximate surface area is 159 Å². The molecule has 5 nitrogen and oxygen atoms in total. The van der Waals surface area contributed by atoms with Crippen LogP contribution in [0.1, 0.15) is 28.4 Å². The summed E-state index contributed by atoms with van der Waals surface area (Å²) in [5, 5.41) is 2.95. The monoisotopic (exact) mass is 358 g/mol. The highest BCUT2D eigenvalue weighted by Crippen LogP contribution is 2.27. The molecule has 1 aliphatic rings. The molecule has 3 rings (SSSR count). The van der Waals surface area contributed by atoms with Crippen LogP contribution in [0.25, 0.3) is 5.70 Å². The smallest absolute Gasteiger partial charge is 0.251 e. The van der Waals surface area contributed by atoms with Gasteiger partial charge in [0.25, 0.3) is 5.91 Å². The molecule has 136 valence electrons. The second-order valence-electron chi connectivity index (χ2n) is 6.08. The molecule has 5 heteroatoms. The molecule has 27 heavy (non-hydrogen) atoms. The number of nitrogens with one attached hydrogen (secondary N) is 1. The summed E-state index contributed by atoms with van der Waals surface area (Å²) >= 11 is 0. The van der Waals surface area contributed by atoms with Gasteiger partial charge in [-0.3, -0.25) is 4.79 Å². The van der Waals surface area contributed by atoms with Crippen molar-refractivity contribution in [3.63, 3.8) is 0 Å². The second-order valence-corrected chi connectivity index (χ2v) is 6.08. The summed E-state index contributed by atoms with van der Waals surface area (Å²) in [6, 6.07) is 17.2. The van der Waals surface area contributed by atoms with Crippen LogP contribution in [0.2, 0.25) is 0 Å². The number of benzene rings is 2. The van der Waals surface area contributed by atoms with Crippen LogP contribution < -0.4 is 11.1 Å². The molecule has 0 radical (unpaired) electrons. The Morgan fingerprint density at radius 1 is 1.22 bits per heavy atom. The minimum absolute atomic E-state index is 0.128. The second kappa shape index (κ2) is 8.19. The molecule has 2 aromatic carbocycles. The zero-order valence-corrected chi connectivity index (χ0v) is 15.2. The lowest BCUT2D eigenvalue weighted by molar-refractivity contribution is 0.0951. The van der Waals surface area contributed by atoms with Crippen LogP contribution in [0.3, 0.4) is 0 Å². The Hall–Kier alpha value is -3.60. The van der Waals surface area contributed by atoms with Gasteiger partial charge in [-0.05, 0) is 24.6 Å². The van der Waals surface area contributed by atoms with Crippen molar-refractivity contribution in [2.75, 3.05) is 0 Å². The summed E-state index contributed by atoms with van der Waals surface area (Å²) < 4.78 is 0. The third-order valence-corrected chi connectivity index (χ3v) is 4.19. The summed E-state index contributed by atoms with van der Waals surface area (Å²) in [5.74, 6) is 0.241. The maximum Gasteiger partial charge on any atom is 0.251 e. The van der Waals surface area contributed by atoms with Crippen molar-refractivity contribution in [2.24, 2.45) is 10.7 Å². The van der Waals surface area contributed by atoms with Gasteiger partial charge in [0, 0.05) is 23.9 Å². The molecule has 0 bridgehead atoms. The summed E-state index contributed by atoms with van der Waals surface area (Å²) in [6.07, 6.45) is 5.46. The largest absolute Gasteiger partial charge is 0.382 e. The molecular formula is C22H22N4O. The molecule has 1 aliphatic heterocycles. The van der Waals surface area contributed by atoms with E-state index in [0.717, 1.165) is 16.8 Å². The number of rotatable bonds is 5. The molecule has 0 unspecified atom stereocenters. The summed E-state index contributed by atoms with van der Waals surface area (Å²) in [6.45, 7) is 6.39. The number of nitrogens with two attached hydrogens (primary N) is 1. The molecule has 0 atom stereocenters. The molecule has 0 fully saturated rings. The lowest BCUT2D eigenvalue weighted by Gasteiger charge is -2.28. The molecule has 1 heterocycles. The standard InChI is InChI=1S/C22H22N4O/c1-3-12-26-16(2)21(23)24-15-20(26)18-10-7-11-19(13-18)22(27)25-14-17-8-5-4-6-9-17/h3-13,15H,2,14H2,1H3,(H2,23,24)(H,25,27)/b12-3-. The predicted octanol–water partition coefficient (Wildman–Crippen LogP) is 3.64. The molecule has 2 aromatic rings. The van der Waals surface area contributed by atoms with Gasteiger partial charge >= 0.3 is 0 Å². The lowest BCUT2D eigenvalue weighted by atomic mass is 10.1. The van der Waals surface area contributed by atoms with Crippen LogP contribution in [-0.2, 0) is 6.54 Å². The van der Waals surface area contributed by atoms with E-state index in [1.807, 2.05) is 72.6 Å². The Morgan fingerprint density at radius 2 is 2.00 bits per heavy atom. The highest BCUT2D eigenvalue weighted by atomic mass is 16.1. The number of hydrogen-bond acceptors (Lipinski definition) is 4. The van der Waals surface area contributed by atoms with Crippen LogP contribution in [0, 0.1) is 0 Å². The first-order chi connectivity index (χ1) is 13.1. The van der Waals surface area contributed by atoms with E-state index in [1.165, 1.54) is 0 Å². The van der Waals surface area contributed by atoms with Crippen molar-refractivity contribution in [3.05, 3.63) is 102 Å². The Kier molecular flexibility index (Phi) is 5.52. The van der Waals surface area contributed by atoms with Crippen molar-refractivity contribution in [1.82, 2.24) is 10.2 Å². The van der Waals surface area contributed by atoms with E-state index in [-0.39, 0.29) is 5.91 Å². The molecule has 0 saturated heterocycles. The summed E-state index contributed by atoms with van der Waals surface area (Å²) in [5.41, 5.74) is 9.78. The number of carbonyl (C=O) groups is 1. The first-order valence-electron chi connectivity index (χ1n) is 8.67. The first kappa shape index (κ1) is 18.2. The maximum atomic E-state index is 12.6. The van der Waals surface area contributed by atoms with E-state index < -0.39 is 0 Å². The normalized spacial score (nSPS) is 14.1. The quantitative estimate of drug-likeness (QED) is 0.857. The number of amidine groups is 1. The number of allylic oxidation sites excluding steroid dienone is 1. The molecule has 1 amide bonds. The van der Waals surface area contributed by atoms with Crippen molar-refractivity contribution in [2.45, 2.75) is 13.5 Å². The van der Waals surface area contributed by atoms with Crippen LogP contribution in [0.4, 0.5) is 0 Å². The van der Waals surface area contributed by atoms with Crippen LogP contribution >= 0.6 is 0 Å². The van der Waals surface area contributed by atoms with E-state index >= 15 is 0 Å². The molecule has 3 N–H and O–H groups in total. The zero-order chi connectivity index (χ0) is 19.2. The van der Waals surface area contributed by atoms with Crippen LogP contribution in [-0.4, -0.2) is 16.6 Å². The van der Waals surface area contributed by atoms with Gasteiger partial charge in [0.2, 0.25) is 0 Å². The van der Waals surface area contributed by atoms with Crippen molar-refractivity contribution < 1.29 is 4.79 Å². The minimum atomic E-state index is -0.128. The predicted molar refractivity (Wildman–Crippen MR) is 109 cm³/mol. The Morgan fingerprint density at radius 3 is 2.74 bits per heavy atom. The van der Waals surface area contributed by atoms with Gasteiger partial charge in [-0.2, -0.15) is 0 Å². The van der Waals surface area contributed by atoms with Gasteiger partial charge in [-0.1, -0.05) is 55.1 Å². The van der Waals surface area contributed by atoms with Gasteiger partial charge in [-0.25, -0.2) is 4.99 Å². The van der Waals surface area contributed by atoms with Gasteiger partial charge in [-0.15, -0.1) is 0 Å². The average Bonchev–Trinajstić information content (AvgIpc) is 2.71. The van der Waals surface area contributed by atoms with Crippen LogP contribution in [0.15, 0.2) is 90.3 Å². The van der Waals surface area contributed by atoms with E-state index in [4.69, 9.17) is 5.73 Å². The molecule has 0 saturated carbocycles. The van der Waals surface area contributed by atoms with Crippen molar-refractivity contribution >= 4 is 17.4 Å². The van der Waals surface area contributed by atoms with E-state index in [0.29, 0.717) is 23.6 Å². The third-order valence-electron chi connectivity index (χ3n) is 4.19. The van der Waals surface area contributed by atoms with E-state index in [9.17, 15) is 4.79 Å². The van der Waals surface area contributed by atoms with E-state index in [1.54, 1.807) is 12.3 Å². The van der Waals surface area contributed by atoms with Gasteiger partial charge in [0.1, 0.15) is 5.84 Å². The number of nitrogens with zero attached hydrogens (tertiary/aromatic N) is 2. The van der Waals surface area contributed by atoms with Crippen molar-refractivity contribution in [1.29, 1.82) is 0 Å². The average molecular weight is 358 g/mol. The number of carbonyl (C=O) groups excluding carboxylic acids is 1. The molecule has 0 aromatic heterocycles. The highest BCUT2D eigenvalue weighted by Gasteiger charge is 2.19. The number of amides is 1. The zero-order valence-electron chi connectivity index (χ0n) is 15.2. The fraction of sp³-hybridized carbons (Fsp3) is 0.0909. The Bertz CT molecular complexity index is 942. The van der Waals surface area contributed by atoms with Gasteiger partial charge in [0.05, 0.1) is 17.6 Å². The molecule has 0 spiro atoms. The SMILES string of the molecule is C=C1C(N)=NC=C(c2cccc(C(=O)NCc3ccccc3)c2)N1/C=C\C. The van der Waals surface area contributed by atoms with Crippen molar-refractivity contribution in [3.8, 4) is 0 Å². The first-order valence-corrected chi connectivity index (χ1v) is 8.67. The summed E-state index contributed by atoms with van der Waals surface area (Å²) in [7, 11) is 0. The third kappa shape index (κ3) is 4.15. The van der Waals surface area contributed by atoms with Gasteiger partial charge in [0.15, 0.2) is 0 Å². The number of hydrogen-bond donors (Lipinski definition) is 2. The Balaban J connectivity index is 1.82. The van der Waals surface area contributed by atoms with E-state index in [2.05, 4.69) is 16.9 Å². The maximum absolute atomic E-state index is 12.6. The fourth-order valence-electron chi connectivity index (χ4n) is 2.77. The molecular weight excluding hydrogens is 336 g/mol. The topological polar surface area (TPSA) is 70.7 Å². The minimum Gasteiger partial charge on any atom is -0.382 e. The highest BCUT2D eigenvalue weighted by molar-refractivity contribution is 6.00. The lowest BCUT2D eigenvalue weighted by Crippen LogP contribution is -2.29. The number of aliphatic imine (C=N–C) groups is 1. The molecule has 0 aliphatic carbocycles. The summed E-state index contributed by atoms with van der Waals surface area (Å²) in [4.78, 5) is 18.6. The fourth-order valence-corrected chi connectivity index (χ4v) is 2.77.